The van der Waals surface area contributed by atoms with E-state index in [0.29, 0.717) is 41.0 Å². The molecule has 0 fully saturated rings. The highest BCUT2D eigenvalue weighted by molar-refractivity contribution is 6.07. The first kappa shape index (κ1) is 37.4. The van der Waals surface area contributed by atoms with Gasteiger partial charge in [0.25, 0.3) is 11.8 Å². The van der Waals surface area contributed by atoms with E-state index in [4.69, 9.17) is 18.9 Å². The Morgan fingerprint density at radius 1 is 0.789 bits per heavy atom. The summed E-state index contributed by atoms with van der Waals surface area (Å²) < 4.78 is 49.9. The molecule has 0 aliphatic carbocycles. The number of amides is 3. The monoisotopic (exact) mass is 776 g/mol. The van der Waals surface area contributed by atoms with Gasteiger partial charge in [-0.25, -0.2) is 18.5 Å². The van der Waals surface area contributed by atoms with E-state index in [0.717, 1.165) is 21.6 Å². The van der Waals surface area contributed by atoms with Crippen LogP contribution in [0.5, 0.6) is 17.2 Å². The van der Waals surface area contributed by atoms with Gasteiger partial charge in [0.05, 0.1) is 62.0 Å². The molecule has 4 aromatic rings. The number of rotatable bonds is 9. The Kier molecular flexibility index (Phi) is 9.96. The second-order valence-electron chi connectivity index (χ2n) is 14.0. The van der Waals surface area contributed by atoms with Crippen molar-refractivity contribution in [2.24, 2.45) is 4.99 Å². The zero-order valence-electron chi connectivity index (χ0n) is 31.3. The van der Waals surface area contributed by atoms with Gasteiger partial charge < -0.3 is 33.9 Å². The molecule has 0 bridgehead atoms. The fourth-order valence-corrected chi connectivity index (χ4v) is 7.57. The molecule has 14 heteroatoms. The van der Waals surface area contributed by atoms with Gasteiger partial charge in [-0.3, -0.25) is 14.6 Å². The smallest absolute Gasteiger partial charge is 0.416 e. The summed E-state index contributed by atoms with van der Waals surface area (Å²) in [4.78, 5) is 49.5. The molecule has 0 unspecified atom stereocenters. The minimum absolute atomic E-state index is 0.0793. The number of hydrogen-bond acceptors (Lipinski definition) is 9. The maximum atomic E-state index is 14.0. The van der Waals surface area contributed by atoms with Crippen molar-refractivity contribution < 1.29 is 47.2 Å². The lowest BCUT2D eigenvalue weighted by molar-refractivity contribution is 0.0565. The second-order valence-corrected chi connectivity index (χ2v) is 14.0. The van der Waals surface area contributed by atoms with Crippen LogP contribution in [0, 0.1) is 18.6 Å². The van der Waals surface area contributed by atoms with Gasteiger partial charge in [-0.05, 0) is 77.6 Å². The van der Waals surface area contributed by atoms with Gasteiger partial charge in [0.2, 0.25) is 0 Å². The van der Waals surface area contributed by atoms with Crippen LogP contribution < -0.4 is 19.1 Å². The highest BCUT2D eigenvalue weighted by Crippen LogP contribution is 2.43. The van der Waals surface area contributed by atoms with E-state index in [1.165, 1.54) is 55.5 Å². The number of hydrogen-bond donors (Lipinski definition) is 1. The number of aliphatic hydroxyl groups is 1. The third kappa shape index (κ3) is 6.97. The number of aryl methyl sites for hydroxylation is 1. The van der Waals surface area contributed by atoms with Gasteiger partial charge in [0.1, 0.15) is 17.4 Å². The lowest BCUT2D eigenvalue weighted by Gasteiger charge is -2.31. The number of halogens is 2. The van der Waals surface area contributed by atoms with E-state index in [2.05, 4.69) is 4.99 Å². The van der Waals surface area contributed by atoms with Crippen LogP contribution >= 0.6 is 0 Å². The molecule has 0 spiro atoms. The number of methoxy groups -OCH3 is 2. The van der Waals surface area contributed by atoms with Crippen LogP contribution in [0.3, 0.4) is 0 Å². The summed E-state index contributed by atoms with van der Waals surface area (Å²) in [6, 6.07) is 17.3. The van der Waals surface area contributed by atoms with Gasteiger partial charge in [-0.1, -0.05) is 24.3 Å². The Labute approximate surface area is 326 Å². The molecule has 4 aromatic carbocycles. The quantitative estimate of drug-likeness (QED) is 0.176. The van der Waals surface area contributed by atoms with E-state index in [1.54, 1.807) is 59.9 Å². The van der Waals surface area contributed by atoms with Crippen LogP contribution in [-0.4, -0.2) is 84.8 Å². The minimum atomic E-state index is -1.50. The molecule has 3 amide bonds. The molecule has 0 saturated heterocycles. The summed E-state index contributed by atoms with van der Waals surface area (Å²) in [7, 11) is 2.61. The van der Waals surface area contributed by atoms with Gasteiger partial charge in [0.15, 0.2) is 17.7 Å². The van der Waals surface area contributed by atoms with Crippen molar-refractivity contribution in [1.29, 1.82) is 0 Å². The molecule has 0 aromatic heterocycles. The Bertz CT molecular complexity index is 2360. The van der Waals surface area contributed by atoms with Crippen LogP contribution in [0.2, 0.25) is 0 Å². The third-order valence-corrected chi connectivity index (χ3v) is 10.5. The second kappa shape index (κ2) is 15.2. The van der Waals surface area contributed by atoms with E-state index >= 15 is 0 Å². The average Bonchev–Trinajstić information content (AvgIpc) is 3.82. The summed E-state index contributed by atoms with van der Waals surface area (Å²) in [5.74, 6) is -0.381. The predicted octanol–water partition coefficient (Wildman–Crippen LogP) is 7.26. The fraction of sp³-hybridized carbons (Fsp3) is 0.256. The van der Waals surface area contributed by atoms with Crippen molar-refractivity contribution in [2.75, 3.05) is 32.3 Å². The Hall–Kier alpha value is -6.54. The number of carbonyl (C=O) groups is 3. The molecule has 4 aliphatic heterocycles. The number of anilines is 1. The Balaban J connectivity index is 0.956. The number of benzene rings is 4. The van der Waals surface area contributed by atoms with E-state index in [9.17, 15) is 28.3 Å². The molecule has 3 atom stereocenters. The summed E-state index contributed by atoms with van der Waals surface area (Å²) in [6.07, 6.45) is 3.95. The van der Waals surface area contributed by atoms with Crippen molar-refractivity contribution >= 4 is 46.6 Å². The zero-order chi connectivity index (χ0) is 40.0. The molecular formula is C43H38F2N4O8. The van der Waals surface area contributed by atoms with Crippen LogP contribution in [-0.2, 0) is 4.74 Å². The molecule has 292 valence electrons. The number of nitrogens with zero attached hydrogens (tertiary/aromatic N) is 4. The summed E-state index contributed by atoms with van der Waals surface area (Å²) in [6.45, 7) is 2.25. The van der Waals surface area contributed by atoms with Crippen LogP contribution in [0.15, 0.2) is 90.2 Å². The predicted molar refractivity (Wildman–Crippen MR) is 207 cm³/mol. The molecule has 12 nitrogen and oxygen atoms in total. The summed E-state index contributed by atoms with van der Waals surface area (Å²) >= 11 is 0. The molecule has 4 aliphatic rings. The van der Waals surface area contributed by atoms with Gasteiger partial charge in [-0.15, -0.1) is 0 Å². The van der Waals surface area contributed by atoms with Crippen molar-refractivity contribution in [3.05, 3.63) is 125 Å². The molecule has 4 heterocycles. The lowest BCUT2D eigenvalue weighted by Crippen LogP contribution is -2.50. The first-order valence-electron chi connectivity index (χ1n) is 18.3. The highest BCUT2D eigenvalue weighted by Gasteiger charge is 2.45. The van der Waals surface area contributed by atoms with Crippen LogP contribution in [0.1, 0.15) is 56.7 Å². The standard InChI is InChI=1S/C43H38F2N4O8/c1-24-15-32-34(46-21-31-16-27(22-47(31)40(32)50)25-5-9-29(44)10-6-25)19-37(24)56-13-4-14-57-39-20-35-33(18-38(39)54-2)41(51)48-23-28(26-7-11-30(45)12-8-26)17-36(48)42(52)49(35)43(53)55-3/h5-12,15,18-23,31,36,42,52H,4,13-14,16-17H2,1-3H3/t31-,36-,42-/m0/s1. The highest BCUT2D eigenvalue weighted by atomic mass is 19.1. The van der Waals surface area contributed by atoms with E-state index in [-0.39, 0.29) is 60.2 Å². The fourth-order valence-electron chi connectivity index (χ4n) is 7.57. The number of carbonyl (C=O) groups excluding carboxylic acids is 3. The molecular weight excluding hydrogens is 738 g/mol. The Morgan fingerprint density at radius 2 is 1.40 bits per heavy atom. The summed E-state index contributed by atoms with van der Waals surface area (Å²) in [5, 5.41) is 11.6. The van der Waals surface area contributed by atoms with E-state index in [1.807, 2.05) is 6.92 Å². The molecule has 8 rings (SSSR count). The van der Waals surface area contributed by atoms with Crippen molar-refractivity contribution in [3.8, 4) is 17.2 Å². The van der Waals surface area contributed by atoms with Gasteiger partial charge >= 0.3 is 6.09 Å². The Morgan fingerprint density at radius 3 is 2.05 bits per heavy atom. The molecule has 57 heavy (non-hydrogen) atoms. The molecule has 1 N–H and O–H groups in total. The van der Waals surface area contributed by atoms with Crippen molar-refractivity contribution in [3.63, 3.8) is 0 Å². The molecule has 0 saturated carbocycles. The minimum Gasteiger partial charge on any atom is -0.493 e. The van der Waals surface area contributed by atoms with Crippen molar-refractivity contribution in [1.82, 2.24) is 9.80 Å². The maximum absolute atomic E-state index is 14.0. The number of aliphatic imine (C=N–C) groups is 1. The van der Waals surface area contributed by atoms with Crippen LogP contribution in [0.4, 0.5) is 25.0 Å². The molecule has 0 radical (unpaired) electrons. The lowest BCUT2D eigenvalue weighted by atomic mass is 10.0. The first-order valence-corrected chi connectivity index (χ1v) is 18.3. The average molecular weight is 777 g/mol. The zero-order valence-corrected chi connectivity index (χ0v) is 31.3. The van der Waals surface area contributed by atoms with E-state index < -0.39 is 30.1 Å². The topological polar surface area (TPSA) is 130 Å². The van der Waals surface area contributed by atoms with Crippen LogP contribution in [0.25, 0.3) is 11.1 Å². The maximum Gasteiger partial charge on any atom is 0.416 e. The summed E-state index contributed by atoms with van der Waals surface area (Å²) in [5.41, 5.74) is 4.99. The number of aliphatic hydroxyl groups excluding tert-OH is 1. The number of ether oxygens (including phenoxy) is 4. The normalized spacial score (nSPS) is 19.5. The SMILES string of the molecule is COC(=O)N1c2cc(OCCCOc3cc4c(cc3C)C(=O)N3C=C(c5ccc(F)cc5)C[C@H]3C=N4)c(OC)cc2C(=O)N2C=C(c3ccc(F)cc3)C[C@H]2[C@@H]1O. The first-order chi connectivity index (χ1) is 27.5. The van der Waals surface area contributed by atoms with Crippen molar-refractivity contribution in [2.45, 2.75) is 44.5 Å². The van der Waals surface area contributed by atoms with Gasteiger partial charge in [0, 0.05) is 43.6 Å². The third-order valence-electron chi connectivity index (χ3n) is 10.5. The number of fused-ring (bicyclic) bond motifs is 4. The largest absolute Gasteiger partial charge is 0.493 e. The van der Waals surface area contributed by atoms with Gasteiger partial charge in [-0.2, -0.15) is 0 Å².